The van der Waals surface area contributed by atoms with Gasteiger partial charge in [-0.15, -0.1) is 0 Å². The van der Waals surface area contributed by atoms with Gasteiger partial charge in [-0.25, -0.2) is 0 Å². The van der Waals surface area contributed by atoms with E-state index in [2.05, 4.69) is 0 Å². The fourth-order valence-electron chi connectivity index (χ4n) is 4.54. The van der Waals surface area contributed by atoms with Crippen LogP contribution in [-0.2, 0) is 9.53 Å². The van der Waals surface area contributed by atoms with Gasteiger partial charge in [-0.05, 0) is 25.7 Å². The second-order valence-corrected chi connectivity index (χ2v) is 7.11. The Labute approximate surface area is 120 Å². The number of carbonyl (C=O) groups is 1. The summed E-state index contributed by atoms with van der Waals surface area (Å²) in [5.74, 6) is 0.143. The number of hydrogen-bond donors (Lipinski definition) is 2. The zero-order valence-electron chi connectivity index (χ0n) is 12.5. The highest BCUT2D eigenvalue weighted by molar-refractivity contribution is 5.90. The van der Waals surface area contributed by atoms with Crippen LogP contribution in [0, 0.1) is 11.3 Å². The van der Waals surface area contributed by atoms with E-state index < -0.39 is 5.54 Å². The van der Waals surface area contributed by atoms with Gasteiger partial charge in [0.1, 0.15) is 5.54 Å². The molecular weight excluding hydrogens is 256 g/mol. The van der Waals surface area contributed by atoms with Crippen molar-refractivity contribution in [3.8, 4) is 0 Å². The van der Waals surface area contributed by atoms with Crippen LogP contribution in [0.3, 0.4) is 0 Å². The summed E-state index contributed by atoms with van der Waals surface area (Å²) < 4.78 is 5.85. The summed E-state index contributed by atoms with van der Waals surface area (Å²) in [6.07, 6.45) is 3.88. The van der Waals surface area contributed by atoms with Crippen LogP contribution in [0.2, 0.25) is 0 Å². The molecule has 3 rings (SSSR count). The average Bonchev–Trinajstić information content (AvgIpc) is 2.93. The van der Waals surface area contributed by atoms with Gasteiger partial charge in [0.15, 0.2) is 0 Å². The van der Waals surface area contributed by atoms with Crippen LogP contribution in [0.15, 0.2) is 0 Å². The number of amides is 1. The predicted octanol–water partition coefficient (Wildman–Crippen LogP) is 0.502. The topological polar surface area (TPSA) is 75.8 Å². The standard InChI is InChI=1S/C15H26N2O3/c1-14(2)12-11(6-4-8-20-12)15(14,16)13(19)17-7-3-5-10(17)9-18/h10-12,18H,3-9,16H2,1-2H3/t10-,11?,12?,15?/m1/s1. The molecule has 3 N–H and O–H groups in total. The first-order chi connectivity index (χ1) is 9.44. The van der Waals surface area contributed by atoms with E-state index in [1.54, 1.807) is 0 Å². The summed E-state index contributed by atoms with van der Waals surface area (Å²) in [6, 6.07) is -0.0534. The Morgan fingerprint density at radius 1 is 1.40 bits per heavy atom. The van der Waals surface area contributed by atoms with E-state index >= 15 is 0 Å². The molecule has 1 aliphatic carbocycles. The van der Waals surface area contributed by atoms with Crippen molar-refractivity contribution in [3.05, 3.63) is 0 Å². The molecule has 2 saturated heterocycles. The lowest BCUT2D eigenvalue weighted by Crippen LogP contribution is -2.82. The summed E-state index contributed by atoms with van der Waals surface area (Å²) in [5.41, 5.74) is 5.45. The van der Waals surface area contributed by atoms with Crippen LogP contribution in [-0.4, -0.2) is 53.4 Å². The minimum atomic E-state index is -0.837. The van der Waals surface area contributed by atoms with E-state index in [1.807, 2.05) is 18.7 Å². The van der Waals surface area contributed by atoms with Gasteiger partial charge in [0.2, 0.25) is 5.91 Å². The highest BCUT2D eigenvalue weighted by Crippen LogP contribution is 2.58. The quantitative estimate of drug-likeness (QED) is 0.773. The molecule has 5 nitrogen and oxygen atoms in total. The molecule has 0 aromatic rings. The number of fused-ring (bicyclic) bond motifs is 1. The van der Waals surface area contributed by atoms with Crippen LogP contribution in [0.25, 0.3) is 0 Å². The lowest BCUT2D eigenvalue weighted by Gasteiger charge is -2.65. The second kappa shape index (κ2) is 4.68. The number of likely N-dealkylation sites (tertiary alicyclic amines) is 1. The summed E-state index contributed by atoms with van der Waals surface area (Å²) in [4.78, 5) is 14.8. The molecule has 2 aliphatic heterocycles. The predicted molar refractivity (Wildman–Crippen MR) is 75.0 cm³/mol. The molecule has 3 aliphatic rings. The third kappa shape index (κ3) is 1.63. The van der Waals surface area contributed by atoms with Gasteiger partial charge in [-0.1, -0.05) is 13.8 Å². The lowest BCUT2D eigenvalue weighted by atomic mass is 9.46. The van der Waals surface area contributed by atoms with Crippen LogP contribution in [0.5, 0.6) is 0 Å². The first-order valence-corrected chi connectivity index (χ1v) is 7.77. The van der Waals surface area contributed by atoms with E-state index in [1.165, 1.54) is 0 Å². The molecule has 5 heteroatoms. The molecule has 3 unspecified atom stereocenters. The maximum absolute atomic E-state index is 13.0. The molecule has 3 fully saturated rings. The highest BCUT2D eigenvalue weighted by atomic mass is 16.5. The van der Waals surface area contributed by atoms with E-state index in [-0.39, 0.29) is 36.0 Å². The normalized spacial score (nSPS) is 43.0. The lowest BCUT2D eigenvalue weighted by molar-refractivity contribution is -0.230. The number of rotatable bonds is 2. The molecule has 1 saturated carbocycles. The van der Waals surface area contributed by atoms with Gasteiger partial charge < -0.3 is 20.5 Å². The smallest absolute Gasteiger partial charge is 0.244 e. The van der Waals surface area contributed by atoms with Gasteiger partial charge in [0.25, 0.3) is 0 Å². The third-order valence-electron chi connectivity index (χ3n) is 5.89. The van der Waals surface area contributed by atoms with Crippen LogP contribution in [0.4, 0.5) is 0 Å². The Morgan fingerprint density at radius 2 is 2.15 bits per heavy atom. The number of aliphatic hydroxyl groups excluding tert-OH is 1. The average molecular weight is 282 g/mol. The maximum atomic E-state index is 13.0. The van der Waals surface area contributed by atoms with Crippen molar-refractivity contribution in [1.82, 2.24) is 4.90 Å². The number of nitrogens with zero attached hydrogens (tertiary/aromatic N) is 1. The molecule has 0 radical (unpaired) electrons. The van der Waals surface area contributed by atoms with Gasteiger partial charge in [0.05, 0.1) is 18.8 Å². The Morgan fingerprint density at radius 3 is 2.85 bits per heavy atom. The van der Waals surface area contributed by atoms with E-state index in [9.17, 15) is 9.90 Å². The zero-order valence-corrected chi connectivity index (χ0v) is 12.5. The minimum absolute atomic E-state index is 0.0193. The molecule has 0 aromatic carbocycles. The van der Waals surface area contributed by atoms with Crippen LogP contribution >= 0.6 is 0 Å². The Hall–Kier alpha value is -0.650. The SMILES string of the molecule is CC1(C)C2OCCCC2C1(N)C(=O)N1CCC[C@@H]1CO. The third-order valence-corrected chi connectivity index (χ3v) is 5.89. The molecule has 4 atom stereocenters. The minimum Gasteiger partial charge on any atom is -0.394 e. The van der Waals surface area contributed by atoms with Crippen molar-refractivity contribution in [2.24, 2.45) is 17.1 Å². The molecule has 0 bridgehead atoms. The van der Waals surface area contributed by atoms with Crippen molar-refractivity contribution in [3.63, 3.8) is 0 Å². The largest absolute Gasteiger partial charge is 0.394 e. The molecule has 114 valence electrons. The Balaban J connectivity index is 1.85. The van der Waals surface area contributed by atoms with Crippen molar-refractivity contribution < 1.29 is 14.6 Å². The van der Waals surface area contributed by atoms with Crippen molar-refractivity contribution in [2.75, 3.05) is 19.8 Å². The monoisotopic (exact) mass is 282 g/mol. The number of ether oxygens (including phenoxy) is 1. The maximum Gasteiger partial charge on any atom is 0.244 e. The Bertz CT molecular complexity index is 412. The first kappa shape index (κ1) is 14.3. The highest BCUT2D eigenvalue weighted by Gasteiger charge is 2.71. The summed E-state index contributed by atoms with van der Waals surface area (Å²) in [6.45, 7) is 5.62. The van der Waals surface area contributed by atoms with Crippen LogP contribution in [0.1, 0.15) is 39.5 Å². The molecule has 0 spiro atoms. The van der Waals surface area contributed by atoms with Gasteiger partial charge in [0, 0.05) is 24.5 Å². The molecule has 20 heavy (non-hydrogen) atoms. The van der Waals surface area contributed by atoms with Gasteiger partial charge in [-0.3, -0.25) is 4.79 Å². The number of nitrogens with two attached hydrogens (primary N) is 1. The summed E-state index contributed by atoms with van der Waals surface area (Å²) in [7, 11) is 0. The van der Waals surface area contributed by atoms with Gasteiger partial charge in [-0.2, -0.15) is 0 Å². The van der Waals surface area contributed by atoms with Crippen LogP contribution < -0.4 is 5.73 Å². The number of aliphatic hydroxyl groups is 1. The summed E-state index contributed by atoms with van der Waals surface area (Å²) in [5, 5.41) is 9.44. The van der Waals surface area contributed by atoms with E-state index in [0.29, 0.717) is 0 Å². The second-order valence-electron chi connectivity index (χ2n) is 7.11. The zero-order chi connectivity index (χ0) is 14.5. The van der Waals surface area contributed by atoms with E-state index in [0.717, 1.165) is 38.8 Å². The summed E-state index contributed by atoms with van der Waals surface area (Å²) >= 11 is 0. The molecular formula is C15H26N2O3. The fraction of sp³-hybridized carbons (Fsp3) is 0.933. The molecule has 0 aromatic heterocycles. The van der Waals surface area contributed by atoms with E-state index in [4.69, 9.17) is 10.5 Å². The molecule has 1 amide bonds. The number of hydrogen-bond acceptors (Lipinski definition) is 4. The first-order valence-electron chi connectivity index (χ1n) is 7.77. The fourth-order valence-corrected chi connectivity index (χ4v) is 4.54. The molecule has 2 heterocycles. The van der Waals surface area contributed by atoms with Crippen molar-refractivity contribution in [2.45, 2.75) is 57.2 Å². The van der Waals surface area contributed by atoms with Gasteiger partial charge >= 0.3 is 0 Å². The van der Waals surface area contributed by atoms with Crippen molar-refractivity contribution in [1.29, 1.82) is 0 Å². The van der Waals surface area contributed by atoms with Crippen molar-refractivity contribution >= 4 is 5.91 Å². The Kier molecular flexibility index (Phi) is 3.35. The number of carbonyl (C=O) groups excluding carboxylic acids is 1.